The van der Waals surface area contributed by atoms with E-state index < -0.39 is 0 Å². The number of unbranched alkanes of at least 4 members (excludes halogenated alkanes) is 6. The molecule has 0 saturated heterocycles. The van der Waals surface area contributed by atoms with Crippen LogP contribution in [0.4, 0.5) is 0 Å². The molecule has 1 fully saturated rings. The van der Waals surface area contributed by atoms with Gasteiger partial charge in [0.05, 0.1) is 0 Å². The van der Waals surface area contributed by atoms with Crippen LogP contribution in [0.2, 0.25) is 0 Å². The van der Waals surface area contributed by atoms with Crippen molar-refractivity contribution in [1.29, 1.82) is 0 Å². The Hall–Kier alpha value is -0.0400. The molecule has 0 spiro atoms. The monoisotopic (exact) mass is 253 g/mol. The van der Waals surface area contributed by atoms with Gasteiger partial charge in [-0.15, -0.1) is 0 Å². The molecule has 108 valence electrons. The molecular weight excluding hydrogens is 218 g/mol. The first-order valence-electron chi connectivity index (χ1n) is 8.60. The standard InChI is InChI=1S/C17H35N/c1-2-3-4-5-6-7-12-15-17(18)16-13-10-8-9-11-14-16/h16-17H,2-15,18H2,1H3. The van der Waals surface area contributed by atoms with Crippen LogP contribution in [0.5, 0.6) is 0 Å². The molecule has 1 rings (SSSR count). The van der Waals surface area contributed by atoms with E-state index in [0.29, 0.717) is 6.04 Å². The second-order valence-electron chi connectivity index (χ2n) is 6.33. The molecule has 18 heavy (non-hydrogen) atoms. The molecule has 0 amide bonds. The molecule has 1 unspecified atom stereocenters. The van der Waals surface area contributed by atoms with E-state index >= 15 is 0 Å². The molecule has 1 aliphatic rings. The summed E-state index contributed by atoms with van der Waals surface area (Å²) in [5.41, 5.74) is 6.38. The quantitative estimate of drug-likeness (QED) is 0.430. The summed E-state index contributed by atoms with van der Waals surface area (Å²) in [6.45, 7) is 2.28. The van der Waals surface area contributed by atoms with Crippen LogP contribution in [0.1, 0.15) is 96.8 Å². The van der Waals surface area contributed by atoms with Gasteiger partial charge < -0.3 is 5.73 Å². The summed E-state index contributed by atoms with van der Waals surface area (Å²) in [5.74, 6) is 0.840. The van der Waals surface area contributed by atoms with Crippen molar-refractivity contribution in [3.8, 4) is 0 Å². The lowest BCUT2D eigenvalue weighted by Gasteiger charge is -2.22. The second kappa shape index (κ2) is 10.8. The number of hydrogen-bond acceptors (Lipinski definition) is 1. The predicted octanol–water partition coefficient (Wildman–Crippen LogP) is 5.42. The highest BCUT2D eigenvalue weighted by molar-refractivity contribution is 4.75. The van der Waals surface area contributed by atoms with Gasteiger partial charge >= 0.3 is 0 Å². The fourth-order valence-corrected chi connectivity index (χ4v) is 3.31. The molecule has 0 radical (unpaired) electrons. The summed E-state index contributed by atoms with van der Waals surface area (Å²) < 4.78 is 0. The topological polar surface area (TPSA) is 26.0 Å². The van der Waals surface area contributed by atoms with Gasteiger partial charge in [0.1, 0.15) is 0 Å². The van der Waals surface area contributed by atoms with Gasteiger partial charge in [0.15, 0.2) is 0 Å². The van der Waals surface area contributed by atoms with E-state index in [1.807, 2.05) is 0 Å². The molecule has 1 saturated carbocycles. The predicted molar refractivity (Wildman–Crippen MR) is 81.8 cm³/mol. The highest BCUT2D eigenvalue weighted by Gasteiger charge is 2.18. The zero-order valence-corrected chi connectivity index (χ0v) is 12.6. The lowest BCUT2D eigenvalue weighted by Crippen LogP contribution is -2.29. The normalized spacial score (nSPS) is 19.7. The van der Waals surface area contributed by atoms with Crippen LogP contribution >= 0.6 is 0 Å². The Labute approximate surface area is 115 Å². The highest BCUT2D eigenvalue weighted by Crippen LogP contribution is 2.26. The summed E-state index contributed by atoms with van der Waals surface area (Å²) in [4.78, 5) is 0. The highest BCUT2D eigenvalue weighted by atomic mass is 14.6. The Morgan fingerprint density at radius 1 is 0.833 bits per heavy atom. The number of nitrogens with two attached hydrogens (primary N) is 1. The zero-order valence-electron chi connectivity index (χ0n) is 12.6. The van der Waals surface area contributed by atoms with E-state index in [9.17, 15) is 0 Å². The third-order valence-corrected chi connectivity index (χ3v) is 4.65. The second-order valence-corrected chi connectivity index (χ2v) is 6.33. The van der Waals surface area contributed by atoms with Gasteiger partial charge in [-0.25, -0.2) is 0 Å². The Balaban J connectivity index is 1.96. The average Bonchev–Trinajstić information content (AvgIpc) is 2.66. The Morgan fingerprint density at radius 3 is 2.00 bits per heavy atom. The maximum atomic E-state index is 6.38. The summed E-state index contributed by atoms with van der Waals surface area (Å²) >= 11 is 0. The van der Waals surface area contributed by atoms with Crippen molar-refractivity contribution in [2.24, 2.45) is 11.7 Å². The van der Waals surface area contributed by atoms with E-state index in [1.54, 1.807) is 0 Å². The first-order valence-corrected chi connectivity index (χ1v) is 8.60. The molecule has 1 atom stereocenters. The van der Waals surface area contributed by atoms with Gasteiger partial charge in [-0.1, -0.05) is 77.6 Å². The largest absolute Gasteiger partial charge is 0.327 e. The van der Waals surface area contributed by atoms with Crippen molar-refractivity contribution in [3.63, 3.8) is 0 Å². The van der Waals surface area contributed by atoms with Gasteiger partial charge in [0.2, 0.25) is 0 Å². The molecular formula is C17H35N. The average molecular weight is 253 g/mol. The SMILES string of the molecule is CCCCCCCCCC(N)C1CCCCCC1. The number of hydrogen-bond donors (Lipinski definition) is 1. The summed E-state index contributed by atoms with van der Waals surface area (Å²) in [6, 6.07) is 0.499. The van der Waals surface area contributed by atoms with Crippen LogP contribution in [0, 0.1) is 5.92 Å². The van der Waals surface area contributed by atoms with Gasteiger partial charge in [-0.3, -0.25) is 0 Å². The van der Waals surface area contributed by atoms with Gasteiger partial charge in [0.25, 0.3) is 0 Å². The minimum atomic E-state index is 0.499. The van der Waals surface area contributed by atoms with Gasteiger partial charge in [-0.2, -0.15) is 0 Å². The molecule has 1 aliphatic carbocycles. The zero-order chi connectivity index (χ0) is 13.1. The Kier molecular flexibility index (Phi) is 9.65. The first-order chi connectivity index (χ1) is 8.84. The maximum absolute atomic E-state index is 6.38. The van der Waals surface area contributed by atoms with Crippen molar-refractivity contribution < 1.29 is 0 Å². The summed E-state index contributed by atoms with van der Waals surface area (Å²) in [7, 11) is 0. The Bertz CT molecular complexity index is 170. The molecule has 0 aliphatic heterocycles. The molecule has 0 heterocycles. The van der Waals surface area contributed by atoms with Gasteiger partial charge in [-0.05, 0) is 25.2 Å². The molecule has 1 nitrogen and oxygen atoms in total. The summed E-state index contributed by atoms with van der Waals surface area (Å²) in [5, 5.41) is 0. The molecule has 0 bridgehead atoms. The maximum Gasteiger partial charge on any atom is 0.00671 e. The van der Waals surface area contributed by atoms with E-state index in [0.717, 1.165) is 5.92 Å². The number of rotatable bonds is 9. The van der Waals surface area contributed by atoms with Crippen LogP contribution in [-0.2, 0) is 0 Å². The van der Waals surface area contributed by atoms with Crippen molar-refractivity contribution in [1.82, 2.24) is 0 Å². The minimum Gasteiger partial charge on any atom is -0.327 e. The smallest absolute Gasteiger partial charge is 0.00671 e. The van der Waals surface area contributed by atoms with Crippen LogP contribution in [0.25, 0.3) is 0 Å². The van der Waals surface area contributed by atoms with Crippen LogP contribution in [0.3, 0.4) is 0 Å². The van der Waals surface area contributed by atoms with E-state index in [-0.39, 0.29) is 0 Å². The van der Waals surface area contributed by atoms with E-state index in [1.165, 1.54) is 89.9 Å². The molecule has 1 heteroatoms. The van der Waals surface area contributed by atoms with E-state index in [4.69, 9.17) is 5.73 Å². The lowest BCUT2D eigenvalue weighted by molar-refractivity contribution is 0.349. The third-order valence-electron chi connectivity index (χ3n) is 4.65. The Morgan fingerprint density at radius 2 is 1.39 bits per heavy atom. The fourth-order valence-electron chi connectivity index (χ4n) is 3.31. The third kappa shape index (κ3) is 7.41. The molecule has 2 N–H and O–H groups in total. The first kappa shape index (κ1) is 16.0. The van der Waals surface area contributed by atoms with Crippen molar-refractivity contribution in [3.05, 3.63) is 0 Å². The fraction of sp³-hybridized carbons (Fsp3) is 1.00. The molecule has 0 aromatic rings. The summed E-state index contributed by atoms with van der Waals surface area (Å²) in [6.07, 6.45) is 19.7. The van der Waals surface area contributed by atoms with Crippen LogP contribution in [0.15, 0.2) is 0 Å². The van der Waals surface area contributed by atoms with Crippen LogP contribution < -0.4 is 5.73 Å². The molecule has 0 aromatic carbocycles. The minimum absolute atomic E-state index is 0.499. The lowest BCUT2D eigenvalue weighted by atomic mass is 9.89. The van der Waals surface area contributed by atoms with E-state index in [2.05, 4.69) is 6.92 Å². The van der Waals surface area contributed by atoms with Crippen molar-refractivity contribution in [2.45, 2.75) is 103 Å². The van der Waals surface area contributed by atoms with Gasteiger partial charge in [0, 0.05) is 6.04 Å². The van der Waals surface area contributed by atoms with Crippen molar-refractivity contribution in [2.75, 3.05) is 0 Å². The van der Waals surface area contributed by atoms with Crippen LogP contribution in [-0.4, -0.2) is 6.04 Å². The van der Waals surface area contributed by atoms with Crippen molar-refractivity contribution >= 4 is 0 Å². The molecule has 0 aromatic heterocycles.